The molecule has 1 N–H and O–H groups in total. The lowest BCUT2D eigenvalue weighted by Crippen LogP contribution is -2.46. The Kier molecular flexibility index (Phi) is 3.07. The van der Waals surface area contributed by atoms with Gasteiger partial charge in [-0.3, -0.25) is 4.79 Å². The van der Waals surface area contributed by atoms with E-state index in [9.17, 15) is 4.79 Å². The van der Waals surface area contributed by atoms with Gasteiger partial charge in [-0.1, -0.05) is 24.3 Å². The van der Waals surface area contributed by atoms with E-state index in [0.29, 0.717) is 17.7 Å². The van der Waals surface area contributed by atoms with Gasteiger partial charge in [0.25, 0.3) is 0 Å². The molecule has 2 heterocycles. The zero-order chi connectivity index (χ0) is 14.4. The van der Waals surface area contributed by atoms with Gasteiger partial charge in [-0.05, 0) is 49.1 Å². The normalized spacial score (nSPS) is 34.6. The second kappa shape index (κ2) is 4.84. The van der Waals surface area contributed by atoms with E-state index in [2.05, 4.69) is 41.4 Å². The van der Waals surface area contributed by atoms with E-state index in [1.54, 1.807) is 0 Å². The number of rotatable bonds is 1. The van der Waals surface area contributed by atoms with Crippen molar-refractivity contribution in [1.82, 2.24) is 10.2 Å². The Morgan fingerprint density at radius 2 is 1.95 bits per heavy atom. The molecule has 3 heteroatoms. The molecule has 0 spiro atoms. The van der Waals surface area contributed by atoms with E-state index in [0.717, 1.165) is 45.4 Å². The Balaban J connectivity index is 1.62. The number of nitrogens with one attached hydrogen (secondary N) is 1. The highest BCUT2D eigenvalue weighted by Crippen LogP contribution is 2.40. The van der Waals surface area contributed by atoms with Crippen LogP contribution < -0.4 is 5.32 Å². The maximum Gasteiger partial charge on any atom is 0.232 e. The minimum Gasteiger partial charge on any atom is -0.341 e. The maximum atomic E-state index is 13.2. The summed E-state index contributed by atoms with van der Waals surface area (Å²) in [5.74, 6) is 1.72. The third-order valence-corrected chi connectivity index (χ3v) is 5.88. The molecule has 1 aliphatic carbocycles. The highest BCUT2D eigenvalue weighted by Gasteiger charge is 2.46. The second-order valence-corrected chi connectivity index (χ2v) is 7.23. The molecule has 1 amide bonds. The molecule has 0 aromatic heterocycles. The average molecular weight is 284 g/mol. The van der Waals surface area contributed by atoms with Gasteiger partial charge in [-0.2, -0.15) is 0 Å². The Morgan fingerprint density at radius 1 is 1.24 bits per heavy atom. The van der Waals surface area contributed by atoms with Gasteiger partial charge in [0.1, 0.15) is 0 Å². The summed E-state index contributed by atoms with van der Waals surface area (Å²) in [7, 11) is 0. The van der Waals surface area contributed by atoms with Crippen LogP contribution in [0.5, 0.6) is 0 Å². The quantitative estimate of drug-likeness (QED) is 0.855. The standard InChI is InChI=1S/C18H24N2O/c1-18(8-4-6-13-5-2-3-7-16(13)18)17(21)20-11-14-9-19-10-15(14)12-20/h2-3,5,7,14-15,19H,4,6,8-12H2,1H3/t14-,15+,18?. The summed E-state index contributed by atoms with van der Waals surface area (Å²) in [4.78, 5) is 15.4. The number of benzene rings is 1. The SMILES string of the molecule is CC1(C(=O)N2C[C@H]3CNC[C@H]3C2)CCCc2ccccc21. The molecule has 0 bridgehead atoms. The highest BCUT2D eigenvalue weighted by molar-refractivity contribution is 5.89. The number of aryl methyl sites for hydroxylation is 1. The predicted molar refractivity (Wildman–Crippen MR) is 83.2 cm³/mol. The molecular formula is C18H24N2O. The van der Waals surface area contributed by atoms with Crippen molar-refractivity contribution in [2.24, 2.45) is 11.8 Å². The summed E-state index contributed by atoms with van der Waals surface area (Å²) in [6.45, 7) is 6.24. The van der Waals surface area contributed by atoms with E-state index in [4.69, 9.17) is 0 Å². The van der Waals surface area contributed by atoms with Crippen LogP contribution in [0.2, 0.25) is 0 Å². The van der Waals surface area contributed by atoms with Crippen LogP contribution in [0, 0.1) is 11.8 Å². The molecule has 1 aromatic rings. The molecular weight excluding hydrogens is 260 g/mol. The lowest BCUT2D eigenvalue weighted by Gasteiger charge is -2.37. The zero-order valence-corrected chi connectivity index (χ0v) is 12.8. The van der Waals surface area contributed by atoms with Crippen molar-refractivity contribution >= 4 is 5.91 Å². The van der Waals surface area contributed by atoms with Crippen LogP contribution >= 0.6 is 0 Å². The molecule has 112 valence electrons. The van der Waals surface area contributed by atoms with Gasteiger partial charge in [0.15, 0.2) is 0 Å². The van der Waals surface area contributed by atoms with Crippen molar-refractivity contribution in [1.29, 1.82) is 0 Å². The van der Waals surface area contributed by atoms with Gasteiger partial charge in [0, 0.05) is 26.2 Å². The molecule has 3 nitrogen and oxygen atoms in total. The number of hydrogen-bond acceptors (Lipinski definition) is 2. The Morgan fingerprint density at radius 3 is 2.71 bits per heavy atom. The van der Waals surface area contributed by atoms with Crippen molar-refractivity contribution < 1.29 is 4.79 Å². The number of fused-ring (bicyclic) bond motifs is 2. The van der Waals surface area contributed by atoms with Crippen molar-refractivity contribution in [3.8, 4) is 0 Å². The first-order valence-corrected chi connectivity index (χ1v) is 8.27. The largest absolute Gasteiger partial charge is 0.341 e. The van der Waals surface area contributed by atoms with Crippen LogP contribution in [-0.4, -0.2) is 37.0 Å². The highest BCUT2D eigenvalue weighted by atomic mass is 16.2. The predicted octanol–water partition coefficient (Wildman–Crippen LogP) is 1.96. The average Bonchev–Trinajstić information content (AvgIpc) is 3.08. The fourth-order valence-corrected chi connectivity index (χ4v) is 4.64. The van der Waals surface area contributed by atoms with Gasteiger partial charge in [0.2, 0.25) is 5.91 Å². The molecule has 3 atom stereocenters. The molecule has 1 unspecified atom stereocenters. The Bertz CT molecular complexity index is 558. The van der Waals surface area contributed by atoms with Crippen LogP contribution in [-0.2, 0) is 16.6 Å². The Labute approximate surface area is 126 Å². The van der Waals surface area contributed by atoms with Gasteiger partial charge in [0.05, 0.1) is 5.41 Å². The molecule has 2 saturated heterocycles. The van der Waals surface area contributed by atoms with Gasteiger partial charge in [-0.25, -0.2) is 0 Å². The minimum absolute atomic E-state index is 0.305. The maximum absolute atomic E-state index is 13.2. The number of nitrogens with zero attached hydrogens (tertiary/aromatic N) is 1. The fraction of sp³-hybridized carbons (Fsp3) is 0.611. The first kappa shape index (κ1) is 13.3. The van der Waals surface area contributed by atoms with E-state index < -0.39 is 0 Å². The molecule has 3 aliphatic rings. The summed E-state index contributed by atoms with van der Waals surface area (Å²) < 4.78 is 0. The van der Waals surface area contributed by atoms with Crippen LogP contribution in [0.1, 0.15) is 30.9 Å². The Hall–Kier alpha value is -1.35. The van der Waals surface area contributed by atoms with Crippen LogP contribution in [0.15, 0.2) is 24.3 Å². The molecule has 2 aliphatic heterocycles. The van der Waals surface area contributed by atoms with E-state index in [1.807, 2.05) is 0 Å². The molecule has 2 fully saturated rings. The first-order valence-electron chi connectivity index (χ1n) is 8.27. The fourth-order valence-electron chi connectivity index (χ4n) is 4.64. The lowest BCUT2D eigenvalue weighted by molar-refractivity contribution is -0.136. The third-order valence-electron chi connectivity index (χ3n) is 5.88. The summed E-state index contributed by atoms with van der Waals surface area (Å²) in [5, 5.41) is 3.45. The third kappa shape index (κ3) is 2.02. The molecule has 1 aromatic carbocycles. The van der Waals surface area contributed by atoms with Gasteiger partial charge < -0.3 is 10.2 Å². The van der Waals surface area contributed by atoms with E-state index >= 15 is 0 Å². The smallest absolute Gasteiger partial charge is 0.232 e. The number of amides is 1. The van der Waals surface area contributed by atoms with Crippen molar-refractivity contribution in [2.45, 2.75) is 31.6 Å². The second-order valence-electron chi connectivity index (χ2n) is 7.23. The van der Waals surface area contributed by atoms with Gasteiger partial charge >= 0.3 is 0 Å². The number of carbonyl (C=O) groups excluding carboxylic acids is 1. The van der Waals surface area contributed by atoms with Crippen molar-refractivity contribution in [2.75, 3.05) is 26.2 Å². The van der Waals surface area contributed by atoms with Gasteiger partial charge in [-0.15, -0.1) is 0 Å². The topological polar surface area (TPSA) is 32.3 Å². The summed E-state index contributed by atoms with van der Waals surface area (Å²) in [5.41, 5.74) is 2.35. The number of hydrogen-bond donors (Lipinski definition) is 1. The van der Waals surface area contributed by atoms with E-state index in [1.165, 1.54) is 11.1 Å². The zero-order valence-electron chi connectivity index (χ0n) is 12.8. The molecule has 21 heavy (non-hydrogen) atoms. The summed E-state index contributed by atoms with van der Waals surface area (Å²) in [6.07, 6.45) is 3.24. The minimum atomic E-state index is -0.305. The number of likely N-dealkylation sites (tertiary alicyclic amines) is 1. The first-order chi connectivity index (χ1) is 10.2. The van der Waals surface area contributed by atoms with Crippen LogP contribution in [0.25, 0.3) is 0 Å². The molecule has 0 saturated carbocycles. The van der Waals surface area contributed by atoms with Crippen LogP contribution in [0.3, 0.4) is 0 Å². The lowest BCUT2D eigenvalue weighted by atomic mass is 9.70. The van der Waals surface area contributed by atoms with Crippen LogP contribution in [0.4, 0.5) is 0 Å². The molecule has 0 radical (unpaired) electrons. The van der Waals surface area contributed by atoms with E-state index in [-0.39, 0.29) is 5.41 Å². The molecule has 4 rings (SSSR count). The van der Waals surface area contributed by atoms with Crippen molar-refractivity contribution in [3.05, 3.63) is 35.4 Å². The monoisotopic (exact) mass is 284 g/mol. The van der Waals surface area contributed by atoms with Crippen molar-refractivity contribution in [3.63, 3.8) is 0 Å². The summed E-state index contributed by atoms with van der Waals surface area (Å²) in [6, 6.07) is 8.55. The number of carbonyl (C=O) groups is 1. The summed E-state index contributed by atoms with van der Waals surface area (Å²) >= 11 is 0.